The molecule has 1 saturated carbocycles. The Balaban J connectivity index is 1.78. The van der Waals surface area contributed by atoms with E-state index in [1.54, 1.807) is 0 Å². The van der Waals surface area contributed by atoms with E-state index < -0.39 is 11.5 Å². The second-order valence-corrected chi connectivity index (χ2v) is 6.45. The minimum Gasteiger partial charge on any atom is -0.480 e. The van der Waals surface area contributed by atoms with Crippen molar-refractivity contribution in [2.24, 2.45) is 5.92 Å². The molecule has 0 aromatic rings. The maximum Gasteiger partial charge on any atom is 0.329 e. The summed E-state index contributed by atoms with van der Waals surface area (Å²) in [5.41, 5.74) is -0.986. The Bertz CT molecular complexity index is 364. The van der Waals surface area contributed by atoms with Gasteiger partial charge in [-0.25, -0.2) is 4.79 Å². The fourth-order valence-corrected chi connectivity index (χ4v) is 3.54. The number of piperidine rings is 1. The fourth-order valence-electron chi connectivity index (χ4n) is 3.54. The van der Waals surface area contributed by atoms with Gasteiger partial charge >= 0.3 is 5.97 Å². The number of rotatable bonds is 5. The van der Waals surface area contributed by atoms with Crippen LogP contribution in [0, 0.1) is 5.92 Å². The number of carbonyl (C=O) groups excluding carboxylic acids is 1. The SMILES string of the molecule is CN1CCC[C@@H](CCC(=O)NC2(C(=O)O)CCCC2)C1. The zero-order valence-electron chi connectivity index (χ0n) is 12.4. The van der Waals surface area contributed by atoms with E-state index in [0.29, 0.717) is 25.2 Å². The lowest BCUT2D eigenvalue weighted by molar-refractivity contribution is -0.147. The topological polar surface area (TPSA) is 69.6 Å². The summed E-state index contributed by atoms with van der Waals surface area (Å²) in [6.45, 7) is 2.20. The highest BCUT2D eigenvalue weighted by molar-refractivity contribution is 5.87. The van der Waals surface area contributed by atoms with Gasteiger partial charge in [0.2, 0.25) is 5.91 Å². The van der Waals surface area contributed by atoms with E-state index >= 15 is 0 Å². The van der Waals surface area contributed by atoms with Crippen molar-refractivity contribution < 1.29 is 14.7 Å². The Morgan fingerprint density at radius 1 is 1.30 bits per heavy atom. The summed E-state index contributed by atoms with van der Waals surface area (Å²) in [5.74, 6) is -0.396. The third kappa shape index (κ3) is 3.72. The molecule has 1 saturated heterocycles. The van der Waals surface area contributed by atoms with Crippen LogP contribution in [0.1, 0.15) is 51.4 Å². The molecule has 0 aromatic carbocycles. The highest BCUT2D eigenvalue weighted by atomic mass is 16.4. The molecule has 1 aliphatic carbocycles. The van der Waals surface area contributed by atoms with Crippen molar-refractivity contribution in [2.75, 3.05) is 20.1 Å². The monoisotopic (exact) mass is 282 g/mol. The molecule has 0 radical (unpaired) electrons. The largest absolute Gasteiger partial charge is 0.480 e. The number of hydrogen-bond donors (Lipinski definition) is 2. The molecule has 2 N–H and O–H groups in total. The van der Waals surface area contributed by atoms with Crippen LogP contribution in [0.25, 0.3) is 0 Å². The van der Waals surface area contributed by atoms with Crippen LogP contribution in [-0.2, 0) is 9.59 Å². The number of nitrogens with zero attached hydrogens (tertiary/aromatic N) is 1. The van der Waals surface area contributed by atoms with Crippen LogP contribution in [0.15, 0.2) is 0 Å². The van der Waals surface area contributed by atoms with Crippen molar-refractivity contribution in [3.05, 3.63) is 0 Å². The van der Waals surface area contributed by atoms with Gasteiger partial charge in [-0.1, -0.05) is 12.8 Å². The van der Waals surface area contributed by atoms with E-state index in [-0.39, 0.29) is 5.91 Å². The lowest BCUT2D eigenvalue weighted by atomic mass is 9.92. The van der Waals surface area contributed by atoms with Crippen LogP contribution in [-0.4, -0.2) is 47.6 Å². The average Bonchev–Trinajstić information content (AvgIpc) is 2.86. The zero-order valence-corrected chi connectivity index (χ0v) is 12.4. The molecule has 114 valence electrons. The van der Waals surface area contributed by atoms with E-state index in [1.807, 2.05) is 0 Å². The Hall–Kier alpha value is -1.10. The van der Waals surface area contributed by atoms with E-state index in [4.69, 9.17) is 0 Å². The highest BCUT2D eigenvalue weighted by Gasteiger charge is 2.42. The van der Waals surface area contributed by atoms with Gasteiger partial charge < -0.3 is 15.3 Å². The van der Waals surface area contributed by atoms with Gasteiger partial charge in [0.25, 0.3) is 0 Å². The molecular formula is C15H26N2O3. The van der Waals surface area contributed by atoms with Crippen molar-refractivity contribution in [2.45, 2.75) is 56.9 Å². The summed E-state index contributed by atoms with van der Waals surface area (Å²) in [4.78, 5) is 25.7. The third-order valence-corrected chi connectivity index (χ3v) is 4.75. The highest BCUT2D eigenvalue weighted by Crippen LogP contribution is 2.30. The van der Waals surface area contributed by atoms with Gasteiger partial charge in [-0.2, -0.15) is 0 Å². The minimum atomic E-state index is -0.986. The maximum absolute atomic E-state index is 12.0. The van der Waals surface area contributed by atoms with E-state index in [1.165, 1.54) is 12.8 Å². The van der Waals surface area contributed by atoms with Gasteiger partial charge in [0.15, 0.2) is 0 Å². The number of amides is 1. The molecule has 0 spiro atoms. The van der Waals surface area contributed by atoms with Crippen molar-refractivity contribution >= 4 is 11.9 Å². The average molecular weight is 282 g/mol. The van der Waals surface area contributed by atoms with Gasteiger partial charge in [0, 0.05) is 13.0 Å². The molecule has 1 atom stereocenters. The smallest absolute Gasteiger partial charge is 0.329 e. The first kappa shape index (κ1) is 15.3. The molecule has 5 nitrogen and oxygen atoms in total. The standard InChI is InChI=1S/C15H26N2O3/c1-17-10-4-5-12(11-17)6-7-13(18)16-15(14(19)20)8-2-3-9-15/h12H,2-11H2,1H3,(H,16,18)(H,19,20)/t12-/m0/s1. The quantitative estimate of drug-likeness (QED) is 0.804. The Labute approximate surface area is 120 Å². The summed E-state index contributed by atoms with van der Waals surface area (Å²) < 4.78 is 0. The lowest BCUT2D eigenvalue weighted by Crippen LogP contribution is -2.52. The minimum absolute atomic E-state index is 0.0949. The molecule has 1 amide bonds. The van der Waals surface area contributed by atoms with Gasteiger partial charge in [-0.15, -0.1) is 0 Å². The number of carboxylic acid groups (broad SMARTS) is 1. The summed E-state index contributed by atoms with van der Waals surface area (Å²) in [5, 5.41) is 12.1. The van der Waals surface area contributed by atoms with Crippen LogP contribution in [0.5, 0.6) is 0 Å². The summed E-state index contributed by atoms with van der Waals surface area (Å²) >= 11 is 0. The van der Waals surface area contributed by atoms with Gasteiger partial charge in [0.05, 0.1) is 0 Å². The molecule has 0 aromatic heterocycles. The summed E-state index contributed by atoms with van der Waals surface area (Å²) in [6.07, 6.45) is 6.61. The third-order valence-electron chi connectivity index (χ3n) is 4.75. The molecule has 0 bridgehead atoms. The van der Waals surface area contributed by atoms with Crippen molar-refractivity contribution in [3.63, 3.8) is 0 Å². The Morgan fingerprint density at radius 3 is 2.60 bits per heavy atom. The summed E-state index contributed by atoms with van der Waals surface area (Å²) in [7, 11) is 2.12. The van der Waals surface area contributed by atoms with Crippen LogP contribution in [0.4, 0.5) is 0 Å². The van der Waals surface area contributed by atoms with Crippen LogP contribution >= 0.6 is 0 Å². The second kappa shape index (κ2) is 6.57. The number of carbonyl (C=O) groups is 2. The zero-order chi connectivity index (χ0) is 14.6. The van der Waals surface area contributed by atoms with Crippen molar-refractivity contribution in [3.8, 4) is 0 Å². The van der Waals surface area contributed by atoms with E-state index in [0.717, 1.165) is 32.4 Å². The Kier molecular flexibility index (Phi) is 5.02. The van der Waals surface area contributed by atoms with Crippen molar-refractivity contribution in [1.29, 1.82) is 0 Å². The first-order valence-corrected chi connectivity index (χ1v) is 7.75. The maximum atomic E-state index is 12.0. The first-order valence-electron chi connectivity index (χ1n) is 7.75. The van der Waals surface area contributed by atoms with Gasteiger partial charge in [0.1, 0.15) is 5.54 Å². The predicted molar refractivity (Wildman–Crippen MR) is 76.4 cm³/mol. The Morgan fingerprint density at radius 2 is 2.00 bits per heavy atom. The number of carboxylic acids is 1. The van der Waals surface area contributed by atoms with Crippen LogP contribution in [0.2, 0.25) is 0 Å². The van der Waals surface area contributed by atoms with Crippen LogP contribution < -0.4 is 5.32 Å². The van der Waals surface area contributed by atoms with E-state index in [9.17, 15) is 14.7 Å². The molecule has 1 aliphatic heterocycles. The molecule has 2 rings (SSSR count). The second-order valence-electron chi connectivity index (χ2n) is 6.45. The molecule has 20 heavy (non-hydrogen) atoms. The van der Waals surface area contributed by atoms with Crippen molar-refractivity contribution in [1.82, 2.24) is 10.2 Å². The molecule has 1 heterocycles. The molecule has 2 aliphatic rings. The number of aliphatic carboxylic acids is 1. The molecule has 2 fully saturated rings. The number of hydrogen-bond acceptors (Lipinski definition) is 3. The van der Waals surface area contributed by atoms with Gasteiger partial charge in [-0.3, -0.25) is 4.79 Å². The van der Waals surface area contributed by atoms with Gasteiger partial charge in [-0.05, 0) is 51.6 Å². The fraction of sp³-hybridized carbons (Fsp3) is 0.867. The molecule has 5 heteroatoms. The number of nitrogens with one attached hydrogen (secondary N) is 1. The molecule has 0 unspecified atom stereocenters. The van der Waals surface area contributed by atoms with E-state index in [2.05, 4.69) is 17.3 Å². The van der Waals surface area contributed by atoms with Crippen LogP contribution in [0.3, 0.4) is 0 Å². The lowest BCUT2D eigenvalue weighted by Gasteiger charge is -2.30. The number of likely N-dealkylation sites (tertiary alicyclic amines) is 1. The predicted octanol–water partition coefficient (Wildman–Crippen LogP) is 1.62. The molecular weight excluding hydrogens is 256 g/mol. The first-order chi connectivity index (χ1) is 9.52. The normalized spacial score (nSPS) is 26.4. The summed E-state index contributed by atoms with van der Waals surface area (Å²) in [6, 6.07) is 0.